The fourth-order valence-corrected chi connectivity index (χ4v) is 4.36. The van der Waals surface area contributed by atoms with Gasteiger partial charge in [-0.1, -0.05) is 65.2 Å². The lowest BCUT2D eigenvalue weighted by atomic mass is 9.83. The molecule has 0 N–H and O–H groups in total. The lowest BCUT2D eigenvalue weighted by Crippen LogP contribution is -2.48. The molecule has 0 atom stereocenters. The van der Waals surface area contributed by atoms with Crippen molar-refractivity contribution in [1.29, 1.82) is 5.26 Å². The highest BCUT2D eigenvalue weighted by atomic mass is 16.7. The van der Waals surface area contributed by atoms with Crippen molar-refractivity contribution < 1.29 is 19.0 Å². The molecular weight excluding hydrogens is 366 g/mol. The van der Waals surface area contributed by atoms with E-state index < -0.39 is 11.4 Å². The molecule has 0 bridgehead atoms. The van der Waals surface area contributed by atoms with Crippen molar-refractivity contribution in [2.24, 2.45) is 11.3 Å². The Labute approximate surface area is 177 Å². The molecule has 5 nitrogen and oxygen atoms in total. The van der Waals surface area contributed by atoms with Crippen molar-refractivity contribution in [1.82, 2.24) is 0 Å². The Morgan fingerprint density at radius 3 is 2.14 bits per heavy atom. The zero-order valence-electron chi connectivity index (χ0n) is 18.6. The quantitative estimate of drug-likeness (QED) is 0.297. The normalized spacial score (nSPS) is 29.9. The molecule has 1 aliphatic heterocycles. The third kappa shape index (κ3) is 7.90. The van der Waals surface area contributed by atoms with Gasteiger partial charge >= 0.3 is 5.97 Å². The third-order valence-electron chi connectivity index (χ3n) is 6.46. The van der Waals surface area contributed by atoms with Crippen LogP contribution >= 0.6 is 0 Å². The van der Waals surface area contributed by atoms with Gasteiger partial charge < -0.3 is 14.2 Å². The summed E-state index contributed by atoms with van der Waals surface area (Å²) in [6.07, 6.45) is 15.8. The summed E-state index contributed by atoms with van der Waals surface area (Å²) in [6, 6.07) is 2.12. The van der Waals surface area contributed by atoms with Gasteiger partial charge in [0.1, 0.15) is 6.10 Å². The van der Waals surface area contributed by atoms with E-state index in [-0.39, 0.29) is 25.6 Å². The number of unbranched alkanes of at least 4 members (excludes halogenated alkanes) is 6. The fourth-order valence-electron chi connectivity index (χ4n) is 4.36. The topological polar surface area (TPSA) is 68.6 Å². The van der Waals surface area contributed by atoms with Gasteiger partial charge in [-0.25, -0.2) is 0 Å². The van der Waals surface area contributed by atoms with E-state index in [2.05, 4.69) is 19.9 Å². The molecule has 0 spiro atoms. The second-order valence-electron chi connectivity index (χ2n) is 8.99. The van der Waals surface area contributed by atoms with Crippen LogP contribution in [0.2, 0.25) is 0 Å². The fraction of sp³-hybridized carbons (Fsp3) is 0.917. The second kappa shape index (κ2) is 13.2. The van der Waals surface area contributed by atoms with E-state index in [1.54, 1.807) is 0 Å². The minimum Gasteiger partial charge on any atom is -0.461 e. The Bertz CT molecular complexity index is 500. The maximum absolute atomic E-state index is 12.7. The molecule has 2 fully saturated rings. The van der Waals surface area contributed by atoms with E-state index in [4.69, 9.17) is 14.2 Å². The first-order valence-electron chi connectivity index (χ1n) is 12.0. The zero-order chi connectivity index (χ0) is 21.0. The Hall–Kier alpha value is -1.12. The summed E-state index contributed by atoms with van der Waals surface area (Å²) in [5.74, 6) is 0.303. The maximum atomic E-state index is 12.7. The van der Waals surface area contributed by atoms with Gasteiger partial charge in [0, 0.05) is 0 Å². The van der Waals surface area contributed by atoms with Gasteiger partial charge in [0.2, 0.25) is 5.41 Å². The number of carbonyl (C=O) groups is 1. The van der Waals surface area contributed by atoms with Crippen LogP contribution in [0.25, 0.3) is 0 Å². The number of nitrogens with zero attached hydrogens (tertiary/aromatic N) is 1. The van der Waals surface area contributed by atoms with Crippen molar-refractivity contribution >= 4 is 5.97 Å². The van der Waals surface area contributed by atoms with Crippen LogP contribution in [0.5, 0.6) is 0 Å². The van der Waals surface area contributed by atoms with Crippen LogP contribution < -0.4 is 0 Å². The van der Waals surface area contributed by atoms with Crippen LogP contribution in [0, 0.1) is 22.7 Å². The van der Waals surface area contributed by atoms with E-state index in [1.165, 1.54) is 38.5 Å². The molecule has 29 heavy (non-hydrogen) atoms. The third-order valence-corrected chi connectivity index (χ3v) is 6.46. The van der Waals surface area contributed by atoms with E-state index in [9.17, 15) is 10.1 Å². The van der Waals surface area contributed by atoms with Crippen molar-refractivity contribution in [3.63, 3.8) is 0 Å². The standard InChI is InChI=1S/C24H41NO4/c1-3-5-7-8-10-11-20-13-15-21(16-14-20)29-23(26)24(17-25)18-27-22(28-19-24)12-9-6-4-2/h20-22H,3-16,18-19H2,1-2H3. The summed E-state index contributed by atoms with van der Waals surface area (Å²) in [7, 11) is 0. The summed E-state index contributed by atoms with van der Waals surface area (Å²) in [4.78, 5) is 12.7. The number of hydrogen-bond donors (Lipinski definition) is 0. The largest absolute Gasteiger partial charge is 0.461 e. The molecule has 1 aliphatic carbocycles. The minimum absolute atomic E-state index is 0.0636. The highest BCUT2D eigenvalue weighted by molar-refractivity contribution is 5.80. The number of rotatable bonds is 12. The van der Waals surface area contributed by atoms with Crippen LogP contribution in [0.4, 0.5) is 0 Å². The minimum atomic E-state index is -1.31. The van der Waals surface area contributed by atoms with Crippen molar-refractivity contribution in [2.75, 3.05) is 13.2 Å². The number of esters is 1. The van der Waals surface area contributed by atoms with Gasteiger partial charge in [0.25, 0.3) is 0 Å². The van der Waals surface area contributed by atoms with E-state index in [0.29, 0.717) is 0 Å². The summed E-state index contributed by atoms with van der Waals surface area (Å²) < 4.78 is 17.1. The number of ether oxygens (including phenoxy) is 3. The molecule has 2 aliphatic rings. The monoisotopic (exact) mass is 407 g/mol. The molecule has 1 heterocycles. The lowest BCUT2D eigenvalue weighted by molar-refractivity contribution is -0.228. The zero-order valence-corrected chi connectivity index (χ0v) is 18.6. The summed E-state index contributed by atoms with van der Waals surface area (Å²) in [5.41, 5.74) is -1.31. The number of nitriles is 1. The summed E-state index contributed by atoms with van der Waals surface area (Å²) in [6.45, 7) is 4.55. The Kier molecular flexibility index (Phi) is 11.0. The molecule has 0 aromatic heterocycles. The Morgan fingerprint density at radius 2 is 1.52 bits per heavy atom. The molecule has 1 saturated heterocycles. The first kappa shape index (κ1) is 24.2. The smallest absolute Gasteiger partial charge is 0.331 e. The van der Waals surface area contributed by atoms with Crippen LogP contribution in [0.3, 0.4) is 0 Å². The SMILES string of the molecule is CCCCCCCC1CCC(OC(=O)C2(C#N)COC(CCCCC)OC2)CC1. The van der Waals surface area contributed by atoms with Gasteiger partial charge in [-0.15, -0.1) is 0 Å². The predicted molar refractivity (Wildman–Crippen MR) is 113 cm³/mol. The number of carbonyl (C=O) groups excluding carboxylic acids is 1. The van der Waals surface area contributed by atoms with Gasteiger partial charge in [0.15, 0.2) is 6.29 Å². The summed E-state index contributed by atoms with van der Waals surface area (Å²) in [5, 5.41) is 9.63. The average molecular weight is 408 g/mol. The highest BCUT2D eigenvalue weighted by Crippen LogP contribution is 2.33. The Balaban J connectivity index is 1.68. The molecular formula is C24H41NO4. The second-order valence-corrected chi connectivity index (χ2v) is 8.99. The molecule has 0 amide bonds. The first-order valence-corrected chi connectivity index (χ1v) is 12.0. The van der Waals surface area contributed by atoms with Gasteiger partial charge in [-0.05, 0) is 44.4 Å². The van der Waals surface area contributed by atoms with Crippen molar-refractivity contribution in [3.05, 3.63) is 0 Å². The van der Waals surface area contributed by atoms with Gasteiger partial charge in [0.05, 0.1) is 19.3 Å². The van der Waals surface area contributed by atoms with E-state index in [1.807, 2.05) is 0 Å². The molecule has 0 unspecified atom stereocenters. The molecule has 166 valence electrons. The van der Waals surface area contributed by atoms with Crippen LogP contribution in [0.15, 0.2) is 0 Å². The molecule has 0 aromatic rings. The molecule has 1 saturated carbocycles. The first-order chi connectivity index (χ1) is 14.1. The molecule has 0 aromatic carbocycles. The Morgan fingerprint density at radius 1 is 0.931 bits per heavy atom. The van der Waals surface area contributed by atoms with Gasteiger partial charge in [-0.3, -0.25) is 4.79 Å². The molecule has 2 rings (SSSR count). The summed E-state index contributed by atoms with van der Waals surface area (Å²) >= 11 is 0. The molecule has 0 radical (unpaired) electrons. The maximum Gasteiger partial charge on any atom is 0.331 e. The van der Waals surface area contributed by atoms with Crippen LogP contribution in [-0.2, 0) is 19.0 Å². The average Bonchev–Trinajstić information content (AvgIpc) is 2.75. The van der Waals surface area contributed by atoms with Crippen LogP contribution in [0.1, 0.15) is 104 Å². The van der Waals surface area contributed by atoms with E-state index in [0.717, 1.165) is 57.3 Å². The number of hydrogen-bond acceptors (Lipinski definition) is 5. The lowest BCUT2D eigenvalue weighted by Gasteiger charge is -2.35. The predicted octanol–water partition coefficient (Wildman–Crippen LogP) is 5.91. The van der Waals surface area contributed by atoms with Crippen molar-refractivity contribution in [2.45, 2.75) is 116 Å². The van der Waals surface area contributed by atoms with Crippen molar-refractivity contribution in [3.8, 4) is 6.07 Å². The molecule has 5 heteroatoms. The van der Waals surface area contributed by atoms with Crippen LogP contribution in [-0.4, -0.2) is 31.6 Å². The van der Waals surface area contributed by atoms with E-state index >= 15 is 0 Å². The highest BCUT2D eigenvalue weighted by Gasteiger charge is 2.46. The van der Waals surface area contributed by atoms with Gasteiger partial charge in [-0.2, -0.15) is 5.26 Å².